The minimum Gasteiger partial charge on any atom is -0.342 e. The van der Waals surface area contributed by atoms with Crippen LogP contribution in [0.25, 0.3) is 10.9 Å². The van der Waals surface area contributed by atoms with Crippen LogP contribution in [0.3, 0.4) is 0 Å². The average Bonchev–Trinajstić information content (AvgIpc) is 3.24. The molecule has 1 unspecified atom stereocenters. The van der Waals surface area contributed by atoms with E-state index in [1.54, 1.807) is 13.1 Å². The van der Waals surface area contributed by atoms with Crippen molar-refractivity contribution in [3.63, 3.8) is 0 Å². The summed E-state index contributed by atoms with van der Waals surface area (Å²) in [5.74, 6) is 1.55. The van der Waals surface area contributed by atoms with Crippen LogP contribution in [0.2, 0.25) is 0 Å². The van der Waals surface area contributed by atoms with E-state index in [0.29, 0.717) is 24.7 Å². The quantitative estimate of drug-likeness (QED) is 0.798. The first-order valence-electron chi connectivity index (χ1n) is 8.19. The molecule has 1 aliphatic heterocycles. The van der Waals surface area contributed by atoms with Gasteiger partial charge in [0.1, 0.15) is 0 Å². The van der Waals surface area contributed by atoms with Crippen molar-refractivity contribution in [3.8, 4) is 0 Å². The normalized spacial score (nSPS) is 18.2. The van der Waals surface area contributed by atoms with E-state index in [0.717, 1.165) is 35.9 Å². The zero-order valence-electron chi connectivity index (χ0n) is 13.5. The largest absolute Gasteiger partial charge is 0.342 e. The zero-order valence-corrected chi connectivity index (χ0v) is 13.5. The molecule has 1 saturated heterocycles. The molecule has 3 aromatic rings. The van der Waals surface area contributed by atoms with Crippen LogP contribution in [0.1, 0.15) is 43.0 Å². The fraction of sp³-hybridized carbons (Fsp3) is 0.412. The number of amides is 1. The van der Waals surface area contributed by atoms with E-state index in [1.807, 2.05) is 17.0 Å². The van der Waals surface area contributed by atoms with Crippen LogP contribution in [0, 0.1) is 0 Å². The van der Waals surface area contributed by atoms with Crippen LogP contribution in [-0.2, 0) is 11.2 Å². The number of hydrogen-bond acceptors (Lipinski definition) is 5. The van der Waals surface area contributed by atoms with Crippen LogP contribution in [0.4, 0.5) is 0 Å². The maximum Gasteiger partial charge on any atom is 0.231 e. The first kappa shape index (κ1) is 14.9. The number of rotatable bonds is 3. The van der Waals surface area contributed by atoms with Gasteiger partial charge in [-0.3, -0.25) is 9.89 Å². The van der Waals surface area contributed by atoms with Crippen molar-refractivity contribution < 1.29 is 9.32 Å². The van der Waals surface area contributed by atoms with Gasteiger partial charge in [0.15, 0.2) is 5.82 Å². The topological polar surface area (TPSA) is 87.9 Å². The Morgan fingerprint density at radius 3 is 3.25 bits per heavy atom. The third-order valence-electron chi connectivity index (χ3n) is 4.57. The van der Waals surface area contributed by atoms with Gasteiger partial charge in [-0.15, -0.1) is 0 Å². The summed E-state index contributed by atoms with van der Waals surface area (Å²) in [6.45, 7) is 3.08. The van der Waals surface area contributed by atoms with Gasteiger partial charge < -0.3 is 9.42 Å². The summed E-state index contributed by atoms with van der Waals surface area (Å²) < 4.78 is 5.46. The number of aromatic amines is 1. The molecule has 1 aliphatic rings. The molecule has 0 saturated carbocycles. The number of carbonyl (C=O) groups excluding carboxylic acids is 1. The van der Waals surface area contributed by atoms with Gasteiger partial charge in [0.2, 0.25) is 11.8 Å². The van der Waals surface area contributed by atoms with Gasteiger partial charge in [-0.2, -0.15) is 10.1 Å². The summed E-state index contributed by atoms with van der Waals surface area (Å²) in [4.78, 5) is 18.0. The molecule has 1 aromatic carbocycles. The summed E-state index contributed by atoms with van der Waals surface area (Å²) >= 11 is 0. The second-order valence-corrected chi connectivity index (χ2v) is 6.32. The van der Waals surface area contributed by atoms with Crippen LogP contribution in [0.15, 0.2) is 28.9 Å². The fourth-order valence-corrected chi connectivity index (χ4v) is 3.25. The Morgan fingerprint density at radius 1 is 1.46 bits per heavy atom. The molecular formula is C17H19N5O2. The number of hydrogen-bond donors (Lipinski definition) is 1. The van der Waals surface area contributed by atoms with Crippen LogP contribution in [0.5, 0.6) is 0 Å². The number of aromatic nitrogens is 4. The highest BCUT2D eigenvalue weighted by Gasteiger charge is 2.27. The molecule has 1 N–H and O–H groups in total. The van der Waals surface area contributed by atoms with Crippen molar-refractivity contribution in [2.24, 2.45) is 0 Å². The van der Waals surface area contributed by atoms with Crippen LogP contribution < -0.4 is 0 Å². The highest BCUT2D eigenvalue weighted by Crippen LogP contribution is 2.26. The Morgan fingerprint density at radius 2 is 2.38 bits per heavy atom. The first-order chi connectivity index (χ1) is 11.7. The molecule has 3 heterocycles. The third-order valence-corrected chi connectivity index (χ3v) is 4.57. The van der Waals surface area contributed by atoms with Crippen LogP contribution >= 0.6 is 0 Å². The van der Waals surface area contributed by atoms with Gasteiger partial charge in [0.25, 0.3) is 0 Å². The summed E-state index contributed by atoms with van der Waals surface area (Å²) in [6.07, 6.45) is 4.36. The first-order valence-corrected chi connectivity index (χ1v) is 8.19. The molecule has 0 bridgehead atoms. The zero-order chi connectivity index (χ0) is 16.5. The van der Waals surface area contributed by atoms with Crippen molar-refractivity contribution in [2.45, 2.75) is 32.1 Å². The van der Waals surface area contributed by atoms with Crippen molar-refractivity contribution in [2.75, 3.05) is 13.1 Å². The standard InChI is InChI=1S/C17H19N5O2/c1-11(23)22-6-2-3-14(10-22)17-19-16(21-24-17)8-12-4-5-13-9-18-20-15(13)7-12/h4-5,7,9,14H,2-3,6,8,10H2,1H3,(H,18,20). The molecular weight excluding hydrogens is 306 g/mol. The predicted molar refractivity (Wildman–Crippen MR) is 87.4 cm³/mol. The molecule has 1 amide bonds. The highest BCUT2D eigenvalue weighted by molar-refractivity contribution is 5.78. The smallest absolute Gasteiger partial charge is 0.231 e. The maximum atomic E-state index is 11.6. The lowest BCUT2D eigenvalue weighted by Gasteiger charge is -2.29. The number of benzene rings is 1. The molecule has 0 aliphatic carbocycles. The van der Waals surface area contributed by atoms with E-state index in [1.165, 1.54) is 0 Å². The minimum atomic E-state index is 0.104. The van der Waals surface area contributed by atoms with Crippen molar-refractivity contribution >= 4 is 16.8 Å². The molecule has 7 nitrogen and oxygen atoms in total. The molecule has 4 rings (SSSR count). The number of H-pyrrole nitrogens is 1. The highest BCUT2D eigenvalue weighted by atomic mass is 16.5. The number of nitrogens with one attached hydrogen (secondary N) is 1. The Labute approximate surface area is 139 Å². The maximum absolute atomic E-state index is 11.6. The number of fused-ring (bicyclic) bond motifs is 1. The van der Waals surface area contributed by atoms with Gasteiger partial charge in [0, 0.05) is 31.8 Å². The lowest BCUT2D eigenvalue weighted by molar-refractivity contribution is -0.130. The number of carbonyl (C=O) groups is 1. The predicted octanol–water partition coefficient (Wildman–Crippen LogP) is 2.26. The summed E-state index contributed by atoms with van der Waals surface area (Å²) in [5, 5.41) is 12.2. The van der Waals surface area contributed by atoms with Crippen molar-refractivity contribution in [1.29, 1.82) is 0 Å². The summed E-state index contributed by atoms with van der Waals surface area (Å²) in [5.41, 5.74) is 2.11. The Hall–Kier alpha value is -2.70. The van der Waals surface area contributed by atoms with E-state index in [9.17, 15) is 4.79 Å². The second kappa shape index (κ2) is 6.07. The van der Waals surface area contributed by atoms with E-state index in [-0.39, 0.29) is 11.8 Å². The van der Waals surface area contributed by atoms with E-state index >= 15 is 0 Å². The molecule has 1 atom stereocenters. The second-order valence-electron chi connectivity index (χ2n) is 6.32. The van der Waals surface area contributed by atoms with Gasteiger partial charge in [-0.25, -0.2) is 0 Å². The lowest BCUT2D eigenvalue weighted by atomic mass is 9.98. The SMILES string of the molecule is CC(=O)N1CCCC(c2nc(Cc3ccc4cn[nH]c4c3)no2)C1. The number of piperidine rings is 1. The van der Waals surface area contributed by atoms with E-state index < -0.39 is 0 Å². The lowest BCUT2D eigenvalue weighted by Crippen LogP contribution is -2.37. The molecule has 0 spiro atoms. The molecule has 24 heavy (non-hydrogen) atoms. The third kappa shape index (κ3) is 2.89. The minimum absolute atomic E-state index is 0.104. The van der Waals surface area contributed by atoms with E-state index in [2.05, 4.69) is 26.4 Å². The molecule has 0 radical (unpaired) electrons. The van der Waals surface area contributed by atoms with Gasteiger partial charge >= 0.3 is 0 Å². The summed E-state index contributed by atoms with van der Waals surface area (Å²) in [7, 11) is 0. The monoisotopic (exact) mass is 325 g/mol. The van der Waals surface area contributed by atoms with Gasteiger partial charge in [0.05, 0.1) is 17.6 Å². The molecule has 1 fully saturated rings. The Balaban J connectivity index is 1.49. The van der Waals surface area contributed by atoms with Gasteiger partial charge in [-0.05, 0) is 24.5 Å². The molecule has 124 valence electrons. The average molecular weight is 325 g/mol. The molecule has 7 heteroatoms. The van der Waals surface area contributed by atoms with Crippen LogP contribution in [-0.4, -0.2) is 44.2 Å². The Kier molecular flexibility index (Phi) is 3.76. The van der Waals surface area contributed by atoms with Crippen molar-refractivity contribution in [3.05, 3.63) is 41.7 Å². The van der Waals surface area contributed by atoms with Crippen molar-refractivity contribution in [1.82, 2.24) is 25.2 Å². The molecule has 2 aromatic heterocycles. The fourth-order valence-electron chi connectivity index (χ4n) is 3.25. The number of nitrogens with zero attached hydrogens (tertiary/aromatic N) is 4. The summed E-state index contributed by atoms with van der Waals surface area (Å²) in [6, 6.07) is 6.13. The Bertz CT molecular complexity index is 869. The number of likely N-dealkylation sites (tertiary alicyclic amines) is 1. The van der Waals surface area contributed by atoms with Gasteiger partial charge in [-0.1, -0.05) is 17.3 Å². The van der Waals surface area contributed by atoms with E-state index in [4.69, 9.17) is 4.52 Å².